The maximum atomic E-state index is 13.5. The molecule has 0 fully saturated rings. The number of primary amides is 4. The summed E-state index contributed by atoms with van der Waals surface area (Å²) in [5.41, 5.74) is 26.1. The van der Waals surface area contributed by atoms with Crippen LogP contribution in [-0.4, -0.2) is 288 Å². The summed E-state index contributed by atoms with van der Waals surface area (Å²) in [5, 5.41) is 33.6. The van der Waals surface area contributed by atoms with E-state index in [0.717, 1.165) is 24.5 Å². The van der Waals surface area contributed by atoms with Gasteiger partial charge in [0.2, 0.25) is 94.5 Å². The molecule has 0 saturated heterocycles. The molecule has 18 N–H and O–H groups in total. The Morgan fingerprint density at radius 1 is 0.389 bits per heavy atom. The first kappa shape index (κ1) is 80.2. The fourth-order valence-electron chi connectivity index (χ4n) is 7.91. The van der Waals surface area contributed by atoms with E-state index in [1.54, 1.807) is 27.7 Å². The molecule has 38 nitrogen and oxygen atoms in total. The first-order valence-electron chi connectivity index (χ1n) is 28.5. The quantitative estimate of drug-likeness (QED) is 0.0252. The first-order chi connectivity index (χ1) is 42.1. The van der Waals surface area contributed by atoms with Crippen LogP contribution in [0.5, 0.6) is 0 Å². The number of nitrogens with one attached hydrogen (secondary N) is 6. The van der Waals surface area contributed by atoms with Crippen LogP contribution in [-0.2, 0) is 81.5 Å². The van der Waals surface area contributed by atoms with E-state index in [1.165, 1.54) is 11.8 Å². The smallest absolute Gasteiger partial charge is 0.407 e. The number of amides is 17. The van der Waals surface area contributed by atoms with Gasteiger partial charge in [-0.25, -0.2) is 4.79 Å². The number of carboxylic acids is 1. The molecule has 2 atom stereocenters. The Morgan fingerprint density at radius 3 is 1.06 bits per heavy atom. The second kappa shape index (κ2) is 43.0. The minimum Gasteiger partial charge on any atom is -0.480 e. The van der Waals surface area contributed by atoms with Gasteiger partial charge in [-0.1, -0.05) is 27.7 Å². The minimum absolute atomic E-state index is 0.0173. The Balaban J connectivity index is 5.79. The summed E-state index contributed by atoms with van der Waals surface area (Å²) in [6.07, 6.45) is -4.36. The molecule has 17 amide bonds. The lowest BCUT2D eigenvalue weighted by atomic mass is 10.1. The van der Waals surface area contributed by atoms with E-state index in [9.17, 15) is 91.4 Å². The van der Waals surface area contributed by atoms with E-state index in [-0.39, 0.29) is 84.3 Å². The van der Waals surface area contributed by atoms with Crippen LogP contribution in [0, 0.1) is 11.8 Å². The topological polar surface area (TPSA) is 573 Å². The van der Waals surface area contributed by atoms with Crippen molar-refractivity contribution in [1.82, 2.24) is 66.2 Å². The van der Waals surface area contributed by atoms with Crippen LogP contribution >= 0.6 is 0 Å². The van der Waals surface area contributed by atoms with Gasteiger partial charge < -0.3 is 100 Å². The number of carbonyl (C=O) groups is 18. The second-order valence-electron chi connectivity index (χ2n) is 20.7. The van der Waals surface area contributed by atoms with Gasteiger partial charge in [0.1, 0.15) is 44.8 Å². The van der Waals surface area contributed by atoms with Crippen molar-refractivity contribution in [3.05, 3.63) is 0 Å². The summed E-state index contributed by atoms with van der Waals surface area (Å²) in [4.78, 5) is 231. The Kier molecular flexibility index (Phi) is 38.3. The maximum absolute atomic E-state index is 13.5. The predicted octanol–water partition coefficient (Wildman–Crippen LogP) is -9.34. The van der Waals surface area contributed by atoms with Gasteiger partial charge in [-0.15, -0.1) is 0 Å². The van der Waals surface area contributed by atoms with Crippen LogP contribution < -0.4 is 60.6 Å². The third-order valence-corrected chi connectivity index (χ3v) is 12.6. The molecule has 0 aromatic heterocycles. The van der Waals surface area contributed by atoms with Crippen molar-refractivity contribution in [1.29, 1.82) is 0 Å². The standard InChI is InChI=1S/C52H88N18O20/c1-6-33(4)51(88)68(18-10-60-39(75)26-64(14-7-53)45(81)22-35(54)71)29-42(78)62-13-20-70(48(84)25-38(57)74)34(5)50(87)63-12-17-66(46(82)23-36(55)72)28-41(77)58-8-15-65(44(80)21-32(2)3)27-40(76)61-11-19-69(52(89)90)30-43(79)59-9-16-67(31-49(85)86)47(83)24-37(56)73/h32-34H,6-31,53H2,1-5H3,(H2,54,71)(H2,55,72)(H2,56,73)(H2,57,74)(H,58,77)(H,59,79)(H,60,75)(H,61,76)(H,62,78)(H,63,87)(H,85,86)(H,89,90)/t33?,34-/m0/s1. The van der Waals surface area contributed by atoms with Crippen LogP contribution in [0.4, 0.5) is 4.79 Å². The Hall–Kier alpha value is -9.78. The highest BCUT2D eigenvalue weighted by atomic mass is 16.4. The highest BCUT2D eigenvalue weighted by molar-refractivity contribution is 6.00. The molecule has 0 aliphatic heterocycles. The molecule has 90 heavy (non-hydrogen) atoms. The van der Waals surface area contributed by atoms with E-state index in [0.29, 0.717) is 11.3 Å². The normalized spacial score (nSPS) is 11.2. The van der Waals surface area contributed by atoms with E-state index < -0.39 is 203 Å². The van der Waals surface area contributed by atoms with Crippen molar-refractivity contribution < 1.29 is 96.5 Å². The maximum Gasteiger partial charge on any atom is 0.407 e. The third kappa shape index (κ3) is 35.1. The van der Waals surface area contributed by atoms with Crippen LogP contribution in [0.25, 0.3) is 0 Å². The fraction of sp³-hybridized carbons (Fsp3) is 0.654. The zero-order chi connectivity index (χ0) is 68.8. The molecule has 0 radical (unpaired) electrons. The SMILES string of the molecule is CCC(C)C(=O)N(CCNC(=O)CN(CCN)C(=O)CC(N)=O)CC(=O)NCCN(C(=O)CC(N)=O)[C@@H](C)C(=O)NCCN(CC(=O)NCCN(CC(=O)NCCN(CC(=O)NCCN(CC(=O)O)C(=O)CC(N)=O)C(=O)O)C(=O)CC(C)C)C(=O)CC(N)=O. The Labute approximate surface area is 518 Å². The number of nitrogens with zero attached hydrogens (tertiary/aromatic N) is 7. The van der Waals surface area contributed by atoms with Crippen LogP contribution in [0.15, 0.2) is 0 Å². The van der Waals surface area contributed by atoms with E-state index in [1.807, 2.05) is 0 Å². The van der Waals surface area contributed by atoms with Gasteiger partial charge in [-0.2, -0.15) is 0 Å². The molecule has 0 aliphatic carbocycles. The summed E-state index contributed by atoms with van der Waals surface area (Å²) in [5.74, 6) is -15.3. The molecule has 0 rings (SSSR count). The molecule has 0 bridgehead atoms. The molecule has 1 unspecified atom stereocenters. The molecule has 0 aromatic carbocycles. The zero-order valence-corrected chi connectivity index (χ0v) is 51.4. The Morgan fingerprint density at radius 2 is 0.700 bits per heavy atom. The molecule has 0 spiro atoms. The van der Waals surface area contributed by atoms with Gasteiger partial charge in [0, 0.05) is 104 Å². The summed E-state index contributed by atoms with van der Waals surface area (Å²) in [6, 6.07) is -1.37. The van der Waals surface area contributed by atoms with E-state index in [2.05, 4.69) is 31.9 Å². The molecule has 0 aromatic rings. The van der Waals surface area contributed by atoms with Crippen molar-refractivity contribution in [2.24, 2.45) is 40.5 Å². The molecule has 0 saturated carbocycles. The lowest BCUT2D eigenvalue weighted by Gasteiger charge is -2.29. The summed E-state index contributed by atoms with van der Waals surface area (Å²) in [7, 11) is 0. The van der Waals surface area contributed by atoms with Crippen molar-refractivity contribution in [3.8, 4) is 0 Å². The average molecular weight is 1290 g/mol. The zero-order valence-electron chi connectivity index (χ0n) is 51.4. The number of hydrogen-bond acceptors (Lipinski definition) is 19. The van der Waals surface area contributed by atoms with E-state index >= 15 is 0 Å². The number of nitrogens with two attached hydrogens (primary N) is 5. The molecule has 506 valence electrons. The third-order valence-electron chi connectivity index (χ3n) is 12.6. The molecular formula is C52H88N18O20. The number of aliphatic carboxylic acids is 1. The largest absolute Gasteiger partial charge is 0.480 e. The summed E-state index contributed by atoms with van der Waals surface area (Å²) in [6.45, 7) is 0.348. The molecule has 0 heterocycles. The molecular weight excluding hydrogens is 1200 g/mol. The minimum atomic E-state index is -1.57. The number of hydrogen-bond donors (Lipinski definition) is 13. The Bertz CT molecular complexity index is 2570. The lowest BCUT2D eigenvalue weighted by molar-refractivity contribution is -0.145. The lowest BCUT2D eigenvalue weighted by Crippen LogP contribution is -2.53. The second-order valence-corrected chi connectivity index (χ2v) is 20.7. The van der Waals surface area contributed by atoms with Gasteiger partial charge in [0.05, 0.1) is 26.2 Å². The van der Waals surface area contributed by atoms with Gasteiger partial charge in [0.25, 0.3) is 0 Å². The van der Waals surface area contributed by atoms with Crippen LogP contribution in [0.3, 0.4) is 0 Å². The van der Waals surface area contributed by atoms with Crippen LogP contribution in [0.2, 0.25) is 0 Å². The van der Waals surface area contributed by atoms with E-state index in [4.69, 9.17) is 33.8 Å². The van der Waals surface area contributed by atoms with Crippen molar-refractivity contribution in [2.75, 3.05) is 131 Å². The highest BCUT2D eigenvalue weighted by Gasteiger charge is 2.30. The number of carboxylic acid groups (broad SMARTS) is 2. The molecule has 38 heteroatoms. The van der Waals surface area contributed by atoms with Crippen molar-refractivity contribution in [3.63, 3.8) is 0 Å². The molecule has 0 aliphatic rings. The number of rotatable bonds is 46. The average Bonchev–Trinajstić information content (AvgIpc) is 3.38. The first-order valence-corrected chi connectivity index (χ1v) is 28.5. The van der Waals surface area contributed by atoms with Crippen LogP contribution in [0.1, 0.15) is 73.1 Å². The highest BCUT2D eigenvalue weighted by Crippen LogP contribution is 2.09. The monoisotopic (exact) mass is 1280 g/mol. The van der Waals surface area contributed by atoms with Gasteiger partial charge in [0.15, 0.2) is 0 Å². The van der Waals surface area contributed by atoms with Gasteiger partial charge in [-0.3, -0.25) is 86.4 Å². The fourth-order valence-corrected chi connectivity index (χ4v) is 7.91. The predicted molar refractivity (Wildman–Crippen MR) is 313 cm³/mol. The van der Waals surface area contributed by atoms with Gasteiger partial charge in [-0.05, 0) is 19.3 Å². The summed E-state index contributed by atoms with van der Waals surface area (Å²) < 4.78 is 0. The summed E-state index contributed by atoms with van der Waals surface area (Å²) >= 11 is 0. The van der Waals surface area contributed by atoms with Gasteiger partial charge >= 0.3 is 12.1 Å². The van der Waals surface area contributed by atoms with Crippen molar-refractivity contribution >= 4 is 107 Å². The number of carbonyl (C=O) groups excluding carboxylic acids is 16. The van der Waals surface area contributed by atoms with Crippen molar-refractivity contribution in [2.45, 2.75) is 79.2 Å².